The van der Waals surface area contributed by atoms with Crippen LogP contribution in [0.3, 0.4) is 0 Å². The zero-order valence-corrected chi connectivity index (χ0v) is 12.3. The van der Waals surface area contributed by atoms with Crippen molar-refractivity contribution in [3.63, 3.8) is 0 Å². The van der Waals surface area contributed by atoms with Crippen molar-refractivity contribution < 1.29 is 27.1 Å². The first-order valence-electron chi connectivity index (χ1n) is 6.83. The molecule has 0 aliphatic carbocycles. The van der Waals surface area contributed by atoms with Gasteiger partial charge in [0.2, 0.25) is 0 Å². The van der Waals surface area contributed by atoms with Crippen molar-refractivity contribution in [3.8, 4) is 5.75 Å². The maximum Gasteiger partial charge on any atom is 0.422 e. The van der Waals surface area contributed by atoms with Crippen LogP contribution < -0.4 is 15.4 Å². The van der Waals surface area contributed by atoms with E-state index < -0.39 is 30.4 Å². The summed E-state index contributed by atoms with van der Waals surface area (Å²) in [6.45, 7) is -0.769. The summed E-state index contributed by atoms with van der Waals surface area (Å²) in [6, 6.07) is 2.56. The number of anilines is 1. The summed E-state index contributed by atoms with van der Waals surface area (Å²) in [6.07, 6.45) is 0.368. The Labute approximate surface area is 134 Å². The minimum atomic E-state index is -4.56. The summed E-state index contributed by atoms with van der Waals surface area (Å²) in [5.74, 6) is -1.55. The smallest absolute Gasteiger partial charge is 0.422 e. The molecule has 1 heterocycles. The zero-order valence-electron chi connectivity index (χ0n) is 12.3. The van der Waals surface area contributed by atoms with E-state index in [2.05, 4.69) is 20.4 Å². The number of alkyl halides is 3. The number of carbonyl (C=O) groups is 1. The zero-order chi connectivity index (χ0) is 17.6. The number of amides is 2. The molecule has 10 heteroatoms. The highest BCUT2D eigenvalue weighted by atomic mass is 19.4. The Bertz CT molecular complexity index is 674. The third-order valence-corrected chi connectivity index (χ3v) is 2.80. The van der Waals surface area contributed by atoms with Gasteiger partial charge >= 0.3 is 12.2 Å². The molecule has 2 N–H and O–H groups in total. The number of imidazole rings is 1. The molecular formula is C14H14F4N4O2. The van der Waals surface area contributed by atoms with Gasteiger partial charge < -0.3 is 19.9 Å². The molecule has 0 atom stereocenters. The number of benzene rings is 1. The lowest BCUT2D eigenvalue weighted by Crippen LogP contribution is -2.31. The van der Waals surface area contributed by atoms with E-state index in [1.54, 1.807) is 23.3 Å². The molecule has 0 unspecified atom stereocenters. The van der Waals surface area contributed by atoms with E-state index in [1.807, 2.05) is 0 Å². The molecule has 0 fully saturated rings. The Hall–Kier alpha value is -2.78. The normalized spacial score (nSPS) is 11.2. The van der Waals surface area contributed by atoms with E-state index in [-0.39, 0.29) is 5.69 Å². The van der Waals surface area contributed by atoms with E-state index >= 15 is 0 Å². The largest absolute Gasteiger partial charge is 0.481 e. The van der Waals surface area contributed by atoms with Crippen LogP contribution in [0.4, 0.5) is 28.0 Å². The third-order valence-electron chi connectivity index (χ3n) is 2.80. The van der Waals surface area contributed by atoms with Gasteiger partial charge in [-0.1, -0.05) is 0 Å². The summed E-state index contributed by atoms with van der Waals surface area (Å²) < 4.78 is 55.8. The lowest BCUT2D eigenvalue weighted by Gasteiger charge is -2.11. The van der Waals surface area contributed by atoms with Gasteiger partial charge in [0.1, 0.15) is 0 Å². The number of rotatable bonds is 6. The van der Waals surface area contributed by atoms with E-state index in [1.165, 1.54) is 6.07 Å². The summed E-state index contributed by atoms with van der Waals surface area (Å²) in [4.78, 5) is 15.5. The number of hydrogen-bond acceptors (Lipinski definition) is 3. The second kappa shape index (κ2) is 7.66. The van der Waals surface area contributed by atoms with Crippen LogP contribution in [-0.4, -0.2) is 34.9 Å². The first kappa shape index (κ1) is 17.6. The number of carbonyl (C=O) groups excluding carboxylic acids is 1. The van der Waals surface area contributed by atoms with Crippen molar-refractivity contribution in [1.82, 2.24) is 14.9 Å². The van der Waals surface area contributed by atoms with Gasteiger partial charge in [-0.3, -0.25) is 0 Å². The highest BCUT2D eigenvalue weighted by molar-refractivity contribution is 5.89. The van der Waals surface area contributed by atoms with Crippen molar-refractivity contribution in [3.05, 3.63) is 42.7 Å². The van der Waals surface area contributed by atoms with Gasteiger partial charge in [-0.15, -0.1) is 0 Å². The van der Waals surface area contributed by atoms with Gasteiger partial charge in [0.15, 0.2) is 18.2 Å². The monoisotopic (exact) mass is 346 g/mol. The molecule has 0 aliphatic rings. The fourth-order valence-corrected chi connectivity index (χ4v) is 1.75. The molecule has 0 spiro atoms. The molecule has 2 rings (SSSR count). The number of hydrogen-bond donors (Lipinski definition) is 2. The molecule has 0 bridgehead atoms. The minimum Gasteiger partial charge on any atom is -0.481 e. The number of aromatic nitrogens is 2. The quantitative estimate of drug-likeness (QED) is 0.791. The second-order valence-corrected chi connectivity index (χ2v) is 4.73. The van der Waals surface area contributed by atoms with Crippen molar-refractivity contribution in [2.75, 3.05) is 18.5 Å². The molecule has 2 aromatic rings. The predicted molar refractivity (Wildman–Crippen MR) is 77.2 cm³/mol. The van der Waals surface area contributed by atoms with Crippen LogP contribution >= 0.6 is 0 Å². The van der Waals surface area contributed by atoms with E-state index in [4.69, 9.17) is 0 Å². The Balaban J connectivity index is 1.81. The Morgan fingerprint density at radius 2 is 2.12 bits per heavy atom. The van der Waals surface area contributed by atoms with Crippen molar-refractivity contribution in [2.24, 2.45) is 0 Å². The van der Waals surface area contributed by atoms with Gasteiger partial charge in [0.25, 0.3) is 0 Å². The van der Waals surface area contributed by atoms with Crippen LogP contribution in [0.5, 0.6) is 5.75 Å². The Morgan fingerprint density at radius 1 is 1.33 bits per heavy atom. The fourth-order valence-electron chi connectivity index (χ4n) is 1.75. The topological polar surface area (TPSA) is 68.2 Å². The molecule has 0 radical (unpaired) electrons. The summed E-state index contributed by atoms with van der Waals surface area (Å²) in [5.41, 5.74) is 0.0898. The average Bonchev–Trinajstić information content (AvgIpc) is 2.98. The van der Waals surface area contributed by atoms with Gasteiger partial charge in [-0.05, 0) is 12.1 Å². The number of nitrogens with zero attached hydrogens (tertiary/aromatic N) is 2. The maximum absolute atomic E-state index is 13.6. The average molecular weight is 346 g/mol. The van der Waals surface area contributed by atoms with Crippen molar-refractivity contribution >= 4 is 11.7 Å². The van der Waals surface area contributed by atoms with Crippen LogP contribution in [0.15, 0.2) is 36.9 Å². The number of halogens is 4. The lowest BCUT2D eigenvalue weighted by atomic mass is 10.3. The maximum atomic E-state index is 13.6. The third kappa shape index (κ3) is 5.78. The van der Waals surface area contributed by atoms with Gasteiger partial charge in [-0.2, -0.15) is 13.2 Å². The van der Waals surface area contributed by atoms with Crippen LogP contribution in [0, 0.1) is 5.82 Å². The van der Waals surface area contributed by atoms with E-state index in [9.17, 15) is 22.4 Å². The van der Waals surface area contributed by atoms with Gasteiger partial charge in [0, 0.05) is 37.2 Å². The van der Waals surface area contributed by atoms with E-state index in [0.29, 0.717) is 13.1 Å². The summed E-state index contributed by atoms with van der Waals surface area (Å²) in [7, 11) is 0. The molecule has 1 aromatic carbocycles. The van der Waals surface area contributed by atoms with Gasteiger partial charge in [0.05, 0.1) is 6.33 Å². The summed E-state index contributed by atoms with van der Waals surface area (Å²) in [5, 5.41) is 4.92. The molecule has 0 saturated carbocycles. The lowest BCUT2D eigenvalue weighted by molar-refractivity contribution is -0.153. The Morgan fingerprint density at radius 3 is 2.75 bits per heavy atom. The van der Waals surface area contributed by atoms with Crippen LogP contribution in [0.1, 0.15) is 0 Å². The second-order valence-electron chi connectivity index (χ2n) is 4.73. The standard InChI is InChI=1S/C14H14F4N4O2/c15-11-7-10(1-2-12(11)24-8-14(16,17)18)21-13(23)20-4-6-22-5-3-19-9-22/h1-3,5,7,9H,4,6,8H2,(H2,20,21,23). The van der Waals surface area contributed by atoms with Crippen LogP contribution in [0.2, 0.25) is 0 Å². The Kier molecular flexibility index (Phi) is 5.61. The van der Waals surface area contributed by atoms with Crippen molar-refractivity contribution in [1.29, 1.82) is 0 Å². The van der Waals surface area contributed by atoms with Gasteiger partial charge in [-0.25, -0.2) is 14.2 Å². The molecule has 0 saturated heterocycles. The summed E-state index contributed by atoms with van der Waals surface area (Å²) >= 11 is 0. The predicted octanol–water partition coefficient (Wildman–Crippen LogP) is 2.79. The first-order chi connectivity index (χ1) is 11.3. The molecule has 0 aliphatic heterocycles. The highest BCUT2D eigenvalue weighted by Crippen LogP contribution is 2.23. The minimum absolute atomic E-state index is 0.0898. The molecule has 24 heavy (non-hydrogen) atoms. The SMILES string of the molecule is O=C(NCCn1ccnc1)Nc1ccc(OCC(F)(F)F)c(F)c1. The number of urea groups is 1. The van der Waals surface area contributed by atoms with Crippen LogP contribution in [-0.2, 0) is 6.54 Å². The number of ether oxygens (including phenoxy) is 1. The molecule has 1 aromatic heterocycles. The van der Waals surface area contributed by atoms with Crippen molar-refractivity contribution in [2.45, 2.75) is 12.7 Å². The molecule has 2 amide bonds. The fraction of sp³-hybridized carbons (Fsp3) is 0.286. The molecule has 130 valence electrons. The van der Waals surface area contributed by atoms with Crippen LogP contribution in [0.25, 0.3) is 0 Å². The first-order valence-corrected chi connectivity index (χ1v) is 6.83. The number of nitrogens with one attached hydrogen (secondary N) is 2. The van der Waals surface area contributed by atoms with E-state index in [0.717, 1.165) is 12.1 Å². The highest BCUT2D eigenvalue weighted by Gasteiger charge is 2.28. The molecule has 6 nitrogen and oxygen atoms in total. The molecular weight excluding hydrogens is 332 g/mol.